The van der Waals surface area contributed by atoms with E-state index >= 15 is 0 Å². The summed E-state index contributed by atoms with van der Waals surface area (Å²) in [6.45, 7) is 3.28. The number of carbonyl (C=O) groups is 2. The van der Waals surface area contributed by atoms with E-state index < -0.39 is 6.04 Å². The number of rotatable bonds is 10. The van der Waals surface area contributed by atoms with E-state index in [4.69, 9.17) is 4.74 Å². The molecule has 0 radical (unpaired) electrons. The number of anilines is 2. The Hall–Kier alpha value is -3.75. The van der Waals surface area contributed by atoms with Gasteiger partial charge >= 0.3 is 0 Å². The van der Waals surface area contributed by atoms with Gasteiger partial charge in [-0.1, -0.05) is 48.5 Å². The van der Waals surface area contributed by atoms with Crippen LogP contribution in [0.15, 0.2) is 72.8 Å². The molecule has 2 atom stereocenters. The van der Waals surface area contributed by atoms with E-state index in [-0.39, 0.29) is 36.1 Å². The number of methoxy groups -OCH3 is 1. The van der Waals surface area contributed by atoms with Crippen molar-refractivity contribution in [3.63, 3.8) is 0 Å². The number of piperazine rings is 1. The highest BCUT2D eigenvalue weighted by molar-refractivity contribution is 6.03. The van der Waals surface area contributed by atoms with Crippen LogP contribution in [-0.2, 0) is 14.3 Å². The lowest BCUT2D eigenvalue weighted by Crippen LogP contribution is -2.62. The molecular weight excluding hydrogens is 519 g/mol. The van der Waals surface area contributed by atoms with Crippen LogP contribution >= 0.6 is 0 Å². The molecule has 214 valence electrons. The first kappa shape index (κ1) is 27.4. The summed E-state index contributed by atoms with van der Waals surface area (Å²) in [5.74, 6) is -0.322. The molecule has 2 unspecified atom stereocenters. The average molecular weight is 557 g/mol. The molecule has 2 fully saturated rings. The van der Waals surface area contributed by atoms with Crippen molar-refractivity contribution < 1.29 is 18.7 Å². The molecule has 2 aliphatic heterocycles. The zero-order valence-electron chi connectivity index (χ0n) is 23.5. The first-order valence-corrected chi connectivity index (χ1v) is 14.6. The van der Waals surface area contributed by atoms with Gasteiger partial charge in [-0.3, -0.25) is 14.5 Å². The van der Waals surface area contributed by atoms with Gasteiger partial charge in [0.2, 0.25) is 11.8 Å². The number of nitrogens with zero attached hydrogens (tertiary/aromatic N) is 3. The standard InChI is InChI=1S/C33H37FN4O3/c1-41-16-6-15-36-21-25(29-14-11-26(34)18-30(29)36)22-37(27-12-13-27)33(40)31-19-35-20-32(39)38(31)28-10-5-9-24(17-28)23-7-3-2-4-8-23/h2-5,7-11,14,17-18,25,27,31,35H,6,12-13,15-16,19-22H2,1H3. The van der Waals surface area contributed by atoms with Gasteiger partial charge in [0.25, 0.3) is 0 Å². The number of carbonyl (C=O) groups excluding carboxylic acids is 2. The normalized spacial score (nSPS) is 20.3. The summed E-state index contributed by atoms with van der Waals surface area (Å²) in [4.78, 5) is 33.5. The highest BCUT2D eigenvalue weighted by Crippen LogP contribution is 2.40. The minimum Gasteiger partial charge on any atom is -0.385 e. The van der Waals surface area contributed by atoms with Crippen LogP contribution in [0.2, 0.25) is 0 Å². The molecule has 2 amide bonds. The lowest BCUT2D eigenvalue weighted by Gasteiger charge is -2.39. The lowest BCUT2D eigenvalue weighted by molar-refractivity contribution is -0.136. The lowest BCUT2D eigenvalue weighted by atomic mass is 9.99. The van der Waals surface area contributed by atoms with Gasteiger partial charge in [0.05, 0.1) is 6.54 Å². The van der Waals surface area contributed by atoms with Gasteiger partial charge in [0.15, 0.2) is 0 Å². The number of nitrogens with one attached hydrogen (secondary N) is 1. The molecule has 3 aromatic carbocycles. The number of benzene rings is 3. The van der Waals surface area contributed by atoms with E-state index in [0.717, 1.165) is 60.4 Å². The van der Waals surface area contributed by atoms with Crippen LogP contribution < -0.4 is 15.1 Å². The number of amides is 2. The van der Waals surface area contributed by atoms with Crippen molar-refractivity contribution in [2.45, 2.75) is 37.3 Å². The Morgan fingerprint density at radius 2 is 1.85 bits per heavy atom. The number of hydrogen-bond donors (Lipinski definition) is 1. The minimum atomic E-state index is -0.630. The van der Waals surface area contributed by atoms with Crippen LogP contribution in [0.4, 0.5) is 15.8 Å². The molecule has 0 aromatic heterocycles. The molecule has 0 spiro atoms. The monoisotopic (exact) mass is 556 g/mol. The van der Waals surface area contributed by atoms with Crippen molar-refractivity contribution >= 4 is 23.2 Å². The number of halogens is 1. The zero-order valence-corrected chi connectivity index (χ0v) is 23.5. The van der Waals surface area contributed by atoms with E-state index in [0.29, 0.717) is 19.7 Å². The second-order valence-corrected chi connectivity index (χ2v) is 11.2. The van der Waals surface area contributed by atoms with Gasteiger partial charge in [-0.05, 0) is 60.2 Å². The van der Waals surface area contributed by atoms with E-state index in [1.54, 1.807) is 18.1 Å². The Morgan fingerprint density at radius 3 is 2.63 bits per heavy atom. The van der Waals surface area contributed by atoms with Gasteiger partial charge < -0.3 is 19.9 Å². The SMILES string of the molecule is COCCCN1CC(CN(C(=O)C2CNCC(=O)N2c2cccc(-c3ccccc3)c2)C2CC2)c2ccc(F)cc21. The number of ether oxygens (including phenoxy) is 1. The van der Waals surface area contributed by atoms with Crippen LogP contribution in [0, 0.1) is 5.82 Å². The first-order chi connectivity index (χ1) is 20.0. The van der Waals surface area contributed by atoms with E-state index in [2.05, 4.69) is 10.2 Å². The predicted molar refractivity (Wildman–Crippen MR) is 159 cm³/mol. The molecule has 1 N–H and O–H groups in total. The van der Waals surface area contributed by atoms with Gasteiger partial charge in [-0.25, -0.2) is 4.39 Å². The average Bonchev–Trinajstić information content (AvgIpc) is 3.79. The van der Waals surface area contributed by atoms with Crippen molar-refractivity contribution in [2.24, 2.45) is 0 Å². The third-order valence-corrected chi connectivity index (χ3v) is 8.39. The molecule has 41 heavy (non-hydrogen) atoms. The highest BCUT2D eigenvalue weighted by atomic mass is 19.1. The second-order valence-electron chi connectivity index (χ2n) is 11.2. The Bertz CT molecular complexity index is 1400. The summed E-state index contributed by atoms with van der Waals surface area (Å²) in [7, 11) is 1.69. The third-order valence-electron chi connectivity index (χ3n) is 8.39. The van der Waals surface area contributed by atoms with E-state index in [1.807, 2.05) is 65.6 Å². The van der Waals surface area contributed by atoms with Crippen LogP contribution in [0.1, 0.15) is 30.7 Å². The third kappa shape index (κ3) is 5.85. The highest BCUT2D eigenvalue weighted by Gasteiger charge is 2.43. The molecule has 7 nitrogen and oxygen atoms in total. The molecule has 0 bridgehead atoms. The zero-order chi connectivity index (χ0) is 28.3. The maximum Gasteiger partial charge on any atom is 0.247 e. The summed E-state index contributed by atoms with van der Waals surface area (Å²) in [5, 5.41) is 3.18. The first-order valence-electron chi connectivity index (χ1n) is 14.6. The van der Waals surface area contributed by atoms with Crippen LogP contribution in [-0.4, -0.2) is 75.2 Å². The molecule has 3 aromatic rings. The number of fused-ring (bicyclic) bond motifs is 1. The summed E-state index contributed by atoms with van der Waals surface area (Å²) >= 11 is 0. The molecular formula is C33H37FN4O3. The molecule has 1 aliphatic carbocycles. The van der Waals surface area contributed by atoms with Crippen LogP contribution in [0.5, 0.6) is 0 Å². The molecule has 2 heterocycles. The van der Waals surface area contributed by atoms with Gasteiger partial charge in [-0.15, -0.1) is 0 Å². The van der Waals surface area contributed by atoms with Crippen molar-refractivity contribution in [2.75, 3.05) is 56.2 Å². The maximum atomic E-state index is 14.3. The van der Waals surface area contributed by atoms with Crippen molar-refractivity contribution in [1.29, 1.82) is 0 Å². The minimum absolute atomic E-state index is 0.0281. The quantitative estimate of drug-likeness (QED) is 0.375. The maximum absolute atomic E-state index is 14.3. The van der Waals surface area contributed by atoms with Gasteiger partial charge in [0.1, 0.15) is 11.9 Å². The van der Waals surface area contributed by atoms with E-state index in [1.165, 1.54) is 6.07 Å². The predicted octanol–water partition coefficient (Wildman–Crippen LogP) is 4.43. The Morgan fingerprint density at radius 1 is 1.05 bits per heavy atom. The summed E-state index contributed by atoms with van der Waals surface area (Å²) in [6.07, 6.45) is 2.77. The van der Waals surface area contributed by atoms with Crippen molar-refractivity contribution in [3.8, 4) is 11.1 Å². The molecule has 3 aliphatic rings. The summed E-state index contributed by atoms with van der Waals surface area (Å²) in [6, 6.07) is 22.5. The fourth-order valence-corrected chi connectivity index (χ4v) is 6.25. The molecule has 1 saturated heterocycles. The number of hydrogen-bond acceptors (Lipinski definition) is 5. The van der Waals surface area contributed by atoms with Crippen LogP contribution in [0.25, 0.3) is 11.1 Å². The summed E-state index contributed by atoms with van der Waals surface area (Å²) in [5.41, 5.74) is 4.78. The Balaban J connectivity index is 1.25. The second kappa shape index (κ2) is 12.0. The Labute approximate surface area is 240 Å². The molecule has 1 saturated carbocycles. The van der Waals surface area contributed by atoms with Crippen molar-refractivity contribution in [1.82, 2.24) is 10.2 Å². The van der Waals surface area contributed by atoms with Crippen LogP contribution in [0.3, 0.4) is 0 Å². The topological polar surface area (TPSA) is 65.1 Å². The smallest absolute Gasteiger partial charge is 0.247 e. The fraction of sp³-hybridized carbons (Fsp3) is 0.394. The largest absolute Gasteiger partial charge is 0.385 e. The molecule has 6 rings (SSSR count). The van der Waals surface area contributed by atoms with Gasteiger partial charge in [0, 0.05) is 63.2 Å². The van der Waals surface area contributed by atoms with Crippen molar-refractivity contribution in [3.05, 3.63) is 84.2 Å². The van der Waals surface area contributed by atoms with Gasteiger partial charge in [-0.2, -0.15) is 0 Å². The fourth-order valence-electron chi connectivity index (χ4n) is 6.25. The summed E-state index contributed by atoms with van der Waals surface area (Å²) < 4.78 is 19.5. The Kier molecular flexibility index (Phi) is 8.03. The molecule has 8 heteroatoms. The van der Waals surface area contributed by atoms with E-state index in [9.17, 15) is 14.0 Å².